The summed E-state index contributed by atoms with van der Waals surface area (Å²) in [5.41, 5.74) is 0. The third-order valence-electron chi connectivity index (χ3n) is 0.143. The molecule has 0 unspecified atom stereocenters. The predicted molar refractivity (Wildman–Crippen MR) is 40.4 cm³/mol. The van der Waals surface area contributed by atoms with Crippen LogP contribution in [0.25, 0.3) is 0 Å². The minimum absolute atomic E-state index is 0. The summed E-state index contributed by atoms with van der Waals surface area (Å²) in [6.45, 7) is 3.06. The van der Waals surface area contributed by atoms with Gasteiger partial charge in [-0.1, -0.05) is 0 Å². The number of hydrogen-bond acceptors (Lipinski definition) is 5. The quantitative estimate of drug-likeness (QED) is 0.350. The summed E-state index contributed by atoms with van der Waals surface area (Å²) in [5.74, 6) is 0.167. The van der Waals surface area contributed by atoms with Crippen molar-refractivity contribution in [1.82, 2.24) is 0 Å². The molecule has 0 atom stereocenters. The van der Waals surface area contributed by atoms with Gasteiger partial charge in [-0.25, -0.2) is 0 Å². The fourth-order valence-electron chi connectivity index (χ4n) is 0.0471. The van der Waals surface area contributed by atoms with Crippen molar-refractivity contribution in [3.05, 3.63) is 0 Å². The molecule has 0 heterocycles. The molecule has 1 radical (unpaired) electrons. The zero-order chi connectivity index (χ0) is 9.49. The molecule has 0 aromatic carbocycles. The van der Waals surface area contributed by atoms with Crippen LogP contribution in [0.2, 0.25) is 0 Å². The Morgan fingerprint density at radius 2 is 1.75 bits per heavy atom. The first-order valence-corrected chi connectivity index (χ1v) is 3.68. The Kier molecular flexibility index (Phi) is 13.3. The average Bonchev–Trinajstić information content (AvgIpc) is 1.58. The van der Waals surface area contributed by atoms with E-state index >= 15 is 0 Å². The van der Waals surface area contributed by atoms with Crippen LogP contribution in [0.3, 0.4) is 0 Å². The smallest absolute Gasteiger partial charge is 0.300 e. The van der Waals surface area contributed by atoms with Gasteiger partial charge in [0.25, 0.3) is 0 Å². The molecule has 6 nitrogen and oxygen atoms in total. The molecule has 8 heteroatoms. The third kappa shape index (κ3) is 51.8. The van der Waals surface area contributed by atoms with Crippen LogP contribution in [-0.2, 0) is 19.4 Å². The summed E-state index contributed by atoms with van der Waals surface area (Å²) >= 11 is 0. The molecule has 12 heavy (non-hydrogen) atoms. The van der Waals surface area contributed by atoms with E-state index in [0.29, 0.717) is 0 Å². The molecule has 0 aromatic heterocycles. The van der Waals surface area contributed by atoms with E-state index < -0.39 is 10.4 Å². The van der Waals surface area contributed by atoms with Gasteiger partial charge in [-0.3, -0.25) is 8.74 Å². The van der Waals surface area contributed by atoms with Gasteiger partial charge in [-0.15, -0.1) is 5.26 Å². The summed E-state index contributed by atoms with van der Waals surface area (Å²) in [6, 6.07) is 0. The van der Waals surface area contributed by atoms with Crippen molar-refractivity contribution < 1.29 is 21.9 Å². The number of nitriles is 1. The summed E-state index contributed by atoms with van der Waals surface area (Å²) < 4.78 is 29.3. The standard InChI is InChI=1S/C3H6O.CHNO4S.Na/c1-3(2)4;2-1-6-7(3,4)5;/h1-2H3;(H,3,4,5);. The van der Waals surface area contributed by atoms with Crippen molar-refractivity contribution in [3.63, 3.8) is 0 Å². The zero-order valence-electron chi connectivity index (χ0n) is 6.94. The largest absolute Gasteiger partial charge is 0.456 e. The Hall–Kier alpha value is -0.130. The van der Waals surface area contributed by atoms with Crippen molar-refractivity contribution in [2.45, 2.75) is 13.8 Å². The summed E-state index contributed by atoms with van der Waals surface area (Å²) in [7, 11) is -4.54. The van der Waals surface area contributed by atoms with Crippen molar-refractivity contribution in [3.8, 4) is 6.26 Å². The summed E-state index contributed by atoms with van der Waals surface area (Å²) in [4.78, 5) is 9.44. The van der Waals surface area contributed by atoms with E-state index in [1.54, 1.807) is 0 Å². The van der Waals surface area contributed by atoms with Crippen LogP contribution in [0, 0.1) is 11.5 Å². The molecule has 65 valence electrons. The molecule has 0 spiro atoms. The van der Waals surface area contributed by atoms with Crippen molar-refractivity contribution in [2.24, 2.45) is 0 Å². The number of hydrogen-bond donors (Lipinski definition) is 1. The topological polar surface area (TPSA) is 104 Å². The van der Waals surface area contributed by atoms with E-state index in [0.717, 1.165) is 6.26 Å². The van der Waals surface area contributed by atoms with Crippen LogP contribution < -0.4 is 0 Å². The number of carbonyl (C=O) groups is 1. The Morgan fingerprint density at radius 3 is 1.75 bits per heavy atom. The van der Waals surface area contributed by atoms with Gasteiger partial charge in [0.15, 0.2) is 0 Å². The number of Topliss-reactive ketones (excluding diaryl/α,β-unsaturated/α-hetero) is 1. The molecule has 0 fully saturated rings. The second-order valence-corrected chi connectivity index (χ2v) is 2.53. The second kappa shape index (κ2) is 8.96. The van der Waals surface area contributed by atoms with Crippen molar-refractivity contribution in [1.29, 1.82) is 5.26 Å². The minimum atomic E-state index is -4.54. The molecule has 0 saturated carbocycles. The van der Waals surface area contributed by atoms with E-state index in [4.69, 9.17) is 9.81 Å². The number of rotatable bonds is 1. The molecular weight excluding hydrogens is 197 g/mol. The molecule has 0 amide bonds. The van der Waals surface area contributed by atoms with Gasteiger partial charge in [-0.2, -0.15) is 8.42 Å². The van der Waals surface area contributed by atoms with E-state index in [-0.39, 0.29) is 35.3 Å². The SMILES string of the molecule is CC(C)=O.N#COS(=O)(=O)O.[Na]. The van der Waals surface area contributed by atoms with Gasteiger partial charge in [0.1, 0.15) is 5.78 Å². The first kappa shape index (κ1) is 17.8. The zero-order valence-corrected chi connectivity index (χ0v) is 9.75. The van der Waals surface area contributed by atoms with Gasteiger partial charge in [0, 0.05) is 29.6 Å². The van der Waals surface area contributed by atoms with Crippen LogP contribution in [0.15, 0.2) is 0 Å². The molecule has 0 rings (SSSR count). The number of nitrogens with zero attached hydrogens (tertiary/aromatic N) is 1. The van der Waals surface area contributed by atoms with Crippen LogP contribution in [-0.4, -0.2) is 48.3 Å². The molecule has 0 aromatic rings. The van der Waals surface area contributed by atoms with Crippen LogP contribution in [0.1, 0.15) is 13.8 Å². The fourth-order valence-corrected chi connectivity index (χ4v) is 0.141. The molecule has 1 N–H and O–H groups in total. The molecule has 0 aliphatic carbocycles. The first-order valence-electron chi connectivity index (χ1n) is 2.31. The summed E-state index contributed by atoms with van der Waals surface area (Å²) in [5, 5.41) is 7.39. The maximum Gasteiger partial charge on any atom is 0.456 e. The average molecular weight is 204 g/mol. The normalized spacial score (nSPS) is 7.83. The fraction of sp³-hybridized carbons (Fsp3) is 0.500. The van der Waals surface area contributed by atoms with Crippen molar-refractivity contribution >= 4 is 45.7 Å². The number of carbonyl (C=O) groups excluding carboxylic acids is 1. The molecule has 0 bridgehead atoms. The van der Waals surface area contributed by atoms with Crippen LogP contribution >= 0.6 is 0 Å². The van der Waals surface area contributed by atoms with Gasteiger partial charge in [-0.05, 0) is 13.8 Å². The second-order valence-electron chi connectivity index (χ2n) is 1.51. The van der Waals surface area contributed by atoms with E-state index in [2.05, 4.69) is 4.18 Å². The Morgan fingerprint density at radius 1 is 1.50 bits per heavy atom. The van der Waals surface area contributed by atoms with Gasteiger partial charge < -0.3 is 4.79 Å². The Labute approximate surface area is 92.8 Å². The van der Waals surface area contributed by atoms with Gasteiger partial charge in [0.2, 0.25) is 0 Å². The third-order valence-corrected chi connectivity index (χ3v) is 0.428. The Bertz CT molecular complexity index is 249. The van der Waals surface area contributed by atoms with Gasteiger partial charge in [0.05, 0.1) is 0 Å². The molecule has 0 aliphatic heterocycles. The van der Waals surface area contributed by atoms with Gasteiger partial charge >= 0.3 is 16.7 Å². The predicted octanol–water partition coefficient (Wildman–Crippen LogP) is -0.499. The molecule has 0 aliphatic rings. The maximum absolute atomic E-state index is 9.44. The molecule has 0 saturated heterocycles. The van der Waals surface area contributed by atoms with Crippen LogP contribution in [0.5, 0.6) is 0 Å². The van der Waals surface area contributed by atoms with E-state index in [1.807, 2.05) is 0 Å². The first-order chi connectivity index (χ1) is 4.79. The molecular formula is C4H7NNaO5S. The minimum Gasteiger partial charge on any atom is -0.300 e. The monoisotopic (exact) mass is 204 g/mol. The maximum atomic E-state index is 9.44. The van der Waals surface area contributed by atoms with Crippen molar-refractivity contribution in [2.75, 3.05) is 0 Å². The van der Waals surface area contributed by atoms with E-state index in [9.17, 15) is 13.2 Å². The summed E-state index contributed by atoms with van der Waals surface area (Å²) in [6.07, 6.45) is 0.770. The van der Waals surface area contributed by atoms with E-state index in [1.165, 1.54) is 13.8 Å². The number of ketones is 1. The van der Waals surface area contributed by atoms with Crippen LogP contribution in [0.4, 0.5) is 0 Å². The Balaban J connectivity index is -0.000000142.